The van der Waals surface area contributed by atoms with Crippen molar-refractivity contribution in [3.8, 4) is 11.5 Å². The van der Waals surface area contributed by atoms with Gasteiger partial charge in [0.15, 0.2) is 5.75 Å². The molecule has 0 radical (unpaired) electrons. The van der Waals surface area contributed by atoms with Crippen molar-refractivity contribution >= 4 is 43.6 Å². The third-order valence-electron chi connectivity index (χ3n) is 3.78. The van der Waals surface area contributed by atoms with E-state index in [0.29, 0.717) is 0 Å². The fraction of sp³-hybridized carbons (Fsp3) is 0. The highest BCUT2D eigenvalue weighted by Gasteiger charge is 2.22. The Labute approximate surface area is 157 Å². The minimum atomic E-state index is -4.81. The summed E-state index contributed by atoms with van der Waals surface area (Å²) in [6.45, 7) is 0. The van der Waals surface area contributed by atoms with Gasteiger partial charge < -0.3 is 15.9 Å². The number of phenols is 2. The van der Waals surface area contributed by atoms with E-state index < -0.39 is 42.8 Å². The molecule has 11 nitrogen and oxygen atoms in total. The van der Waals surface area contributed by atoms with Gasteiger partial charge in [0, 0.05) is 23.2 Å². The van der Waals surface area contributed by atoms with Crippen molar-refractivity contribution in [2.45, 2.75) is 4.90 Å². The molecule has 0 amide bonds. The summed E-state index contributed by atoms with van der Waals surface area (Å²) in [4.78, 5) is 9.38. The van der Waals surface area contributed by atoms with Crippen molar-refractivity contribution in [1.82, 2.24) is 0 Å². The lowest BCUT2D eigenvalue weighted by molar-refractivity contribution is -0.384. The van der Waals surface area contributed by atoms with Crippen LogP contribution in [0.3, 0.4) is 0 Å². The molecule has 0 fully saturated rings. The molecule has 28 heavy (non-hydrogen) atoms. The molecule has 5 N–H and O–H groups in total. The van der Waals surface area contributed by atoms with Gasteiger partial charge in [-0.3, -0.25) is 14.7 Å². The number of nitro benzene ring substituents is 1. The number of fused-ring (bicyclic) bond motifs is 1. The van der Waals surface area contributed by atoms with Crippen molar-refractivity contribution in [3.05, 3.63) is 52.6 Å². The van der Waals surface area contributed by atoms with Crippen LogP contribution in [0.15, 0.2) is 57.6 Å². The predicted molar refractivity (Wildman–Crippen MR) is 98.8 cm³/mol. The molecule has 0 saturated heterocycles. The molecule has 12 heteroatoms. The first-order chi connectivity index (χ1) is 13.1. The Kier molecular flexibility index (Phi) is 4.58. The second-order valence-electron chi connectivity index (χ2n) is 5.66. The van der Waals surface area contributed by atoms with Crippen molar-refractivity contribution in [2.24, 2.45) is 10.2 Å². The number of aromatic hydroxyl groups is 2. The fourth-order valence-electron chi connectivity index (χ4n) is 2.46. The zero-order valence-electron chi connectivity index (χ0n) is 13.8. The first-order valence-corrected chi connectivity index (χ1v) is 8.94. The van der Waals surface area contributed by atoms with E-state index in [1.54, 1.807) is 0 Å². The molecule has 0 atom stereocenters. The number of nitrogens with zero attached hydrogens (tertiary/aromatic N) is 3. The molecule has 0 heterocycles. The van der Waals surface area contributed by atoms with Crippen molar-refractivity contribution in [1.29, 1.82) is 0 Å². The smallest absolute Gasteiger partial charge is 0.296 e. The zero-order valence-corrected chi connectivity index (χ0v) is 14.7. The number of hydrogen-bond acceptors (Lipinski definition) is 9. The Balaban J connectivity index is 2.25. The van der Waals surface area contributed by atoms with E-state index >= 15 is 0 Å². The normalized spacial score (nSPS) is 11.9. The van der Waals surface area contributed by atoms with Crippen LogP contribution in [0.1, 0.15) is 0 Å². The summed E-state index contributed by atoms with van der Waals surface area (Å²) in [7, 11) is -4.81. The highest BCUT2D eigenvalue weighted by atomic mass is 32.2. The van der Waals surface area contributed by atoms with Gasteiger partial charge in [-0.2, -0.15) is 8.42 Å². The summed E-state index contributed by atoms with van der Waals surface area (Å²) >= 11 is 0. The molecule has 144 valence electrons. The minimum absolute atomic E-state index is 0.143. The Morgan fingerprint density at radius 3 is 2.39 bits per heavy atom. The van der Waals surface area contributed by atoms with Crippen LogP contribution in [0.4, 0.5) is 22.7 Å². The highest BCUT2D eigenvalue weighted by molar-refractivity contribution is 7.86. The standard InChI is InChI=1S/C16H12N4O7S/c17-9-2-1-8-5-14(28(25,26)27)15(16(22)11(8)6-9)19-18-12-7-10(20(23)24)3-4-13(12)21/h1-7,21-22H,17H2,(H,25,26,27)/b19-18+. The van der Waals surface area contributed by atoms with Crippen LogP contribution in [0.2, 0.25) is 0 Å². The maximum atomic E-state index is 11.7. The number of phenolic OH excluding ortho intramolecular Hbond substituents is 2. The van der Waals surface area contributed by atoms with E-state index in [2.05, 4.69) is 10.2 Å². The summed E-state index contributed by atoms with van der Waals surface area (Å²) < 4.78 is 32.9. The molecule has 0 saturated carbocycles. The van der Waals surface area contributed by atoms with Crippen LogP contribution >= 0.6 is 0 Å². The molecule has 0 aliphatic carbocycles. The third-order valence-corrected chi connectivity index (χ3v) is 4.65. The molecule has 0 aromatic heterocycles. The Bertz CT molecular complexity index is 1260. The largest absolute Gasteiger partial charge is 0.506 e. The highest BCUT2D eigenvalue weighted by Crippen LogP contribution is 2.42. The number of nitro groups is 1. The van der Waals surface area contributed by atoms with Gasteiger partial charge in [-0.1, -0.05) is 6.07 Å². The Hall–Kier alpha value is -3.77. The van der Waals surface area contributed by atoms with E-state index in [1.165, 1.54) is 18.2 Å². The number of non-ortho nitro benzene ring substituents is 1. The van der Waals surface area contributed by atoms with Crippen molar-refractivity contribution < 1.29 is 28.1 Å². The van der Waals surface area contributed by atoms with Gasteiger partial charge in [0.2, 0.25) is 0 Å². The SMILES string of the molecule is Nc1ccc2cc(S(=O)(=O)O)c(/N=N/c3cc([N+](=O)[O-])ccc3O)c(O)c2c1. The van der Waals surface area contributed by atoms with Crippen LogP contribution in [0.5, 0.6) is 11.5 Å². The molecular formula is C16H12N4O7S. The average molecular weight is 404 g/mol. The van der Waals surface area contributed by atoms with E-state index in [1.807, 2.05) is 0 Å². The van der Waals surface area contributed by atoms with Gasteiger partial charge in [0.1, 0.15) is 22.0 Å². The number of azo groups is 1. The Morgan fingerprint density at radius 1 is 1.04 bits per heavy atom. The molecule has 3 rings (SSSR count). The lowest BCUT2D eigenvalue weighted by atomic mass is 10.1. The van der Waals surface area contributed by atoms with Crippen LogP contribution in [-0.2, 0) is 10.1 Å². The molecule has 3 aromatic carbocycles. The van der Waals surface area contributed by atoms with E-state index in [0.717, 1.165) is 24.3 Å². The molecule has 0 aliphatic rings. The van der Waals surface area contributed by atoms with Gasteiger partial charge in [-0.15, -0.1) is 10.2 Å². The second-order valence-corrected chi connectivity index (χ2v) is 7.05. The monoisotopic (exact) mass is 404 g/mol. The van der Waals surface area contributed by atoms with Crippen LogP contribution < -0.4 is 5.73 Å². The van der Waals surface area contributed by atoms with Gasteiger partial charge >= 0.3 is 0 Å². The molecule has 0 spiro atoms. The van der Waals surface area contributed by atoms with Crippen molar-refractivity contribution in [2.75, 3.05) is 5.73 Å². The maximum Gasteiger partial charge on any atom is 0.296 e. The molecular weight excluding hydrogens is 392 g/mol. The quantitative estimate of drug-likeness (QED) is 0.167. The number of benzene rings is 3. The van der Waals surface area contributed by atoms with Gasteiger partial charge in [-0.25, -0.2) is 0 Å². The first-order valence-electron chi connectivity index (χ1n) is 7.50. The number of anilines is 1. The number of hydrogen-bond donors (Lipinski definition) is 4. The lowest BCUT2D eigenvalue weighted by Crippen LogP contribution is -1.99. The topological polar surface area (TPSA) is 189 Å². The third kappa shape index (κ3) is 3.54. The zero-order chi connectivity index (χ0) is 20.6. The number of nitrogens with two attached hydrogens (primary N) is 1. The van der Waals surface area contributed by atoms with E-state index in [4.69, 9.17) is 5.73 Å². The summed E-state index contributed by atoms with van der Waals surface area (Å²) in [5.74, 6) is -1.10. The lowest BCUT2D eigenvalue weighted by Gasteiger charge is -2.09. The summed E-state index contributed by atoms with van der Waals surface area (Å²) in [6.07, 6.45) is 0. The minimum Gasteiger partial charge on any atom is -0.506 e. The van der Waals surface area contributed by atoms with Crippen LogP contribution in [-0.4, -0.2) is 28.1 Å². The predicted octanol–water partition coefficient (Wildman–Crippen LogP) is 3.40. The van der Waals surface area contributed by atoms with Gasteiger partial charge in [-0.05, 0) is 29.7 Å². The molecule has 0 unspecified atom stereocenters. The van der Waals surface area contributed by atoms with Crippen molar-refractivity contribution in [3.63, 3.8) is 0 Å². The average Bonchev–Trinajstić information content (AvgIpc) is 2.61. The van der Waals surface area contributed by atoms with E-state index in [9.17, 15) is 33.3 Å². The maximum absolute atomic E-state index is 11.7. The van der Waals surface area contributed by atoms with Crippen LogP contribution in [0.25, 0.3) is 10.8 Å². The molecule has 0 bridgehead atoms. The van der Waals surface area contributed by atoms with E-state index in [-0.39, 0.29) is 22.1 Å². The summed E-state index contributed by atoms with van der Waals surface area (Å²) in [6, 6.07) is 8.28. The summed E-state index contributed by atoms with van der Waals surface area (Å²) in [5, 5.41) is 38.7. The van der Waals surface area contributed by atoms with Gasteiger partial charge in [0.25, 0.3) is 15.8 Å². The molecule has 3 aromatic rings. The van der Waals surface area contributed by atoms with Gasteiger partial charge in [0.05, 0.1) is 4.92 Å². The number of nitrogen functional groups attached to an aromatic ring is 1. The number of rotatable bonds is 4. The first kappa shape index (κ1) is 19.0. The second kappa shape index (κ2) is 6.75. The summed E-state index contributed by atoms with van der Waals surface area (Å²) in [5.41, 5.74) is 4.59. The fourth-order valence-corrected chi connectivity index (χ4v) is 3.12. The molecule has 0 aliphatic heterocycles. The van der Waals surface area contributed by atoms with Crippen LogP contribution in [0, 0.1) is 10.1 Å². The Morgan fingerprint density at radius 2 is 1.75 bits per heavy atom.